The van der Waals surface area contributed by atoms with Crippen LogP contribution < -0.4 is 0 Å². The van der Waals surface area contributed by atoms with Crippen molar-refractivity contribution < 1.29 is 16.2 Å². The molecule has 5 heteroatoms. The zero-order valence-electron chi connectivity index (χ0n) is 4.34. The van der Waals surface area contributed by atoms with E-state index in [2.05, 4.69) is 0 Å². The summed E-state index contributed by atoms with van der Waals surface area (Å²) in [5.41, 5.74) is 0. The summed E-state index contributed by atoms with van der Waals surface area (Å²) in [4.78, 5) is 0. The van der Waals surface area contributed by atoms with Crippen molar-refractivity contribution in [3.8, 4) is 0 Å². The summed E-state index contributed by atoms with van der Waals surface area (Å²) < 4.78 is 25.3. The van der Waals surface area contributed by atoms with E-state index in [-0.39, 0.29) is 25.9 Å². The van der Waals surface area contributed by atoms with Crippen LogP contribution >= 0.6 is 0 Å². The molecular weight excluding hydrogens is 104 g/mol. The summed E-state index contributed by atoms with van der Waals surface area (Å²) in [6.45, 7) is 0. The Hall–Kier alpha value is 0.836. The van der Waals surface area contributed by atoms with Crippen molar-refractivity contribution in [2.24, 2.45) is 0 Å². The maximum atomic E-state index is 8.44. The Morgan fingerprint density at radius 3 is 1.60 bits per heavy atom. The van der Waals surface area contributed by atoms with Crippen LogP contribution in [0.1, 0.15) is 2.85 Å². The van der Waals surface area contributed by atoms with Crippen LogP contribution in [0, 0.1) is 0 Å². The first-order valence-corrected chi connectivity index (χ1v) is 1.50. The largest absolute Gasteiger partial charge is 2.00 e. The monoisotopic (exact) mass is 106 g/mol. The minimum Gasteiger partial charge on any atom is -0.784 e. The Morgan fingerprint density at radius 1 is 1.60 bits per heavy atom. The van der Waals surface area contributed by atoms with Crippen molar-refractivity contribution in [3.63, 3.8) is 0 Å². The third-order valence-corrected chi connectivity index (χ3v) is 0. The molecule has 0 aliphatic carbocycles. The molecule has 0 bridgehead atoms. The van der Waals surface area contributed by atoms with E-state index in [9.17, 15) is 0 Å². The number of hydrogen-bond acceptors (Lipinski definition) is 3. The maximum absolute atomic E-state index is 8.44. The molecule has 0 aromatic heterocycles. The first kappa shape index (κ1) is 9.28. The van der Waals surface area contributed by atoms with Gasteiger partial charge in [0, 0.05) is 0 Å². The molecule has 0 aromatic carbocycles. The van der Waals surface area contributed by atoms with Gasteiger partial charge in [-0.3, -0.25) is 4.21 Å². The van der Waals surface area contributed by atoms with Crippen LogP contribution in [0.25, 0.3) is 0 Å². The van der Waals surface area contributed by atoms with Crippen molar-refractivity contribution in [1.82, 2.24) is 0 Å². The fourth-order valence-corrected chi connectivity index (χ4v) is 0. The standard InChI is InChI=1S/Mg.H2O3S/c;1-4(2)3/h;(H2,1,2,3)/q+2;. The van der Waals surface area contributed by atoms with Crippen LogP contribution in [-0.4, -0.2) is 36.4 Å². The molecule has 0 amide bonds. The summed E-state index contributed by atoms with van der Waals surface area (Å²) in [5, 5.41) is 0. The van der Waals surface area contributed by atoms with Gasteiger partial charge in [0.05, 0.1) is 0 Å². The molecule has 0 aliphatic heterocycles. The summed E-state index contributed by atoms with van der Waals surface area (Å²) in [6, 6.07) is 0. The molecule has 3 nitrogen and oxygen atoms in total. The van der Waals surface area contributed by atoms with Gasteiger partial charge < -0.3 is 9.11 Å². The van der Waals surface area contributed by atoms with E-state index in [0.29, 0.717) is 0 Å². The predicted molar refractivity (Wildman–Crippen MR) is 17.7 cm³/mol. The van der Waals surface area contributed by atoms with Gasteiger partial charge in [0.2, 0.25) is 0 Å². The van der Waals surface area contributed by atoms with Gasteiger partial charge in [-0.05, 0) is 0 Å². The topological polar surface area (TPSA) is 63.2 Å². The van der Waals surface area contributed by atoms with Gasteiger partial charge in [0.15, 0.2) is 0 Å². The molecule has 26 valence electrons. The minimum absolute atomic E-state index is 0. The van der Waals surface area contributed by atoms with Gasteiger partial charge in [-0.2, -0.15) is 0 Å². The van der Waals surface area contributed by atoms with Crippen molar-refractivity contribution >= 4 is 34.4 Å². The first-order valence-electron chi connectivity index (χ1n) is 0.500. The van der Waals surface area contributed by atoms with Gasteiger partial charge in [-0.15, -0.1) is 11.4 Å². The molecule has 0 unspecified atom stereocenters. The minimum atomic E-state index is -3.11. The SMILES string of the molecule is O=S([O-])[O-].[H+].[H+].[Mg+2]. The Morgan fingerprint density at radius 2 is 1.60 bits per heavy atom. The van der Waals surface area contributed by atoms with Crippen LogP contribution in [0.2, 0.25) is 0 Å². The molecule has 0 saturated carbocycles. The molecule has 0 heterocycles. The van der Waals surface area contributed by atoms with E-state index in [4.69, 9.17) is 13.3 Å². The number of hydrogen-bond donors (Lipinski definition) is 0. The fraction of sp³-hybridized carbons (Fsp3) is 0. The second kappa shape index (κ2) is 4.84. The maximum Gasteiger partial charge on any atom is 2.00 e. The smallest absolute Gasteiger partial charge is 0.784 e. The summed E-state index contributed by atoms with van der Waals surface area (Å²) >= 11 is -3.11. The molecule has 0 aromatic rings. The summed E-state index contributed by atoms with van der Waals surface area (Å²) in [7, 11) is 0. The van der Waals surface area contributed by atoms with Gasteiger partial charge >= 0.3 is 25.9 Å². The molecule has 0 fully saturated rings. The second-order valence-corrected chi connectivity index (χ2v) is 0.612. The average Bonchev–Trinajstić information content (AvgIpc) is 0.811. The molecule has 0 radical (unpaired) electrons. The Kier molecular flexibility index (Phi) is 8.97. The van der Waals surface area contributed by atoms with Gasteiger partial charge in [-0.25, -0.2) is 0 Å². The molecule has 0 aliphatic rings. The van der Waals surface area contributed by atoms with E-state index in [1.807, 2.05) is 0 Å². The van der Waals surface area contributed by atoms with E-state index >= 15 is 0 Å². The molecular formula is H2MgO3S+2. The zero-order chi connectivity index (χ0) is 3.58. The Labute approximate surface area is 51.0 Å². The number of rotatable bonds is 0. The summed E-state index contributed by atoms with van der Waals surface area (Å²) in [6.07, 6.45) is 0. The quantitative estimate of drug-likeness (QED) is 0.289. The molecule has 0 rings (SSSR count). The van der Waals surface area contributed by atoms with Crippen molar-refractivity contribution in [3.05, 3.63) is 0 Å². The van der Waals surface area contributed by atoms with E-state index in [0.717, 1.165) is 0 Å². The Bertz CT molecular complexity index is 35.9. The molecule has 0 atom stereocenters. The third kappa shape index (κ3) is 55.6. The van der Waals surface area contributed by atoms with Crippen LogP contribution in [0.15, 0.2) is 0 Å². The average molecular weight is 106 g/mol. The normalized spacial score (nSPS) is 7.00. The van der Waals surface area contributed by atoms with Crippen LogP contribution in [0.5, 0.6) is 0 Å². The van der Waals surface area contributed by atoms with Crippen molar-refractivity contribution in [2.45, 2.75) is 0 Å². The second-order valence-electron chi connectivity index (χ2n) is 0.204. The third-order valence-electron chi connectivity index (χ3n) is 0. The molecule has 0 N–H and O–H groups in total. The van der Waals surface area contributed by atoms with E-state index in [1.54, 1.807) is 0 Å². The first-order chi connectivity index (χ1) is 1.73. The zero-order valence-corrected chi connectivity index (χ0v) is 4.57. The van der Waals surface area contributed by atoms with Gasteiger partial charge in [0.25, 0.3) is 0 Å². The van der Waals surface area contributed by atoms with E-state index in [1.165, 1.54) is 0 Å². The fourth-order valence-electron chi connectivity index (χ4n) is 0. The van der Waals surface area contributed by atoms with Crippen molar-refractivity contribution in [2.75, 3.05) is 0 Å². The predicted octanol–water partition coefficient (Wildman–Crippen LogP) is -1.16. The van der Waals surface area contributed by atoms with Crippen LogP contribution in [0.4, 0.5) is 0 Å². The summed E-state index contributed by atoms with van der Waals surface area (Å²) in [5.74, 6) is 0. The van der Waals surface area contributed by atoms with Crippen LogP contribution in [-0.2, 0) is 11.4 Å². The van der Waals surface area contributed by atoms with Gasteiger partial charge in [-0.1, -0.05) is 0 Å². The van der Waals surface area contributed by atoms with E-state index < -0.39 is 11.4 Å². The van der Waals surface area contributed by atoms with Crippen molar-refractivity contribution in [1.29, 1.82) is 0 Å². The Balaban J connectivity index is -0.0000000150. The molecule has 5 heavy (non-hydrogen) atoms. The van der Waals surface area contributed by atoms with Gasteiger partial charge in [0.1, 0.15) is 0 Å². The van der Waals surface area contributed by atoms with Crippen LogP contribution in [0.3, 0.4) is 0 Å². The molecule has 0 saturated heterocycles. The molecule has 0 spiro atoms.